The van der Waals surface area contributed by atoms with E-state index in [2.05, 4.69) is 4.99 Å². The third kappa shape index (κ3) is 5.56. The fraction of sp³-hybridized carbons (Fsp3) is 0.222. The van der Waals surface area contributed by atoms with Gasteiger partial charge in [-0.15, -0.1) is 0 Å². The van der Waals surface area contributed by atoms with E-state index in [9.17, 15) is 15.0 Å². The van der Waals surface area contributed by atoms with Gasteiger partial charge in [0.1, 0.15) is 18.0 Å². The minimum Gasteiger partial charge on any atom is -0.508 e. The second-order valence-corrected chi connectivity index (χ2v) is 4.97. The molecule has 0 saturated carbocycles. The van der Waals surface area contributed by atoms with E-state index in [-0.39, 0.29) is 29.4 Å². The largest absolute Gasteiger partial charge is 0.508 e. The molecule has 2 aromatic rings. The van der Waals surface area contributed by atoms with Gasteiger partial charge < -0.3 is 14.9 Å². The SMILES string of the molecule is O=C(CN=CCCOCc1ccccc1)c1ccc(O)cc1O. The molecule has 2 N–H and O–H groups in total. The van der Waals surface area contributed by atoms with Gasteiger partial charge in [-0.25, -0.2) is 0 Å². The first-order chi connectivity index (χ1) is 11.2. The predicted octanol–water partition coefficient (Wildman–Crippen LogP) is 2.96. The summed E-state index contributed by atoms with van der Waals surface area (Å²) in [5.74, 6) is -0.626. The number of phenolic OH excluding ortho intramolecular Hbond substituents is 2. The highest BCUT2D eigenvalue weighted by atomic mass is 16.5. The van der Waals surface area contributed by atoms with Crippen LogP contribution in [0.4, 0.5) is 0 Å². The summed E-state index contributed by atoms with van der Waals surface area (Å²) in [6.07, 6.45) is 2.25. The van der Waals surface area contributed by atoms with Crippen LogP contribution in [-0.4, -0.2) is 35.4 Å². The van der Waals surface area contributed by atoms with E-state index in [1.165, 1.54) is 12.1 Å². The first-order valence-electron chi connectivity index (χ1n) is 7.32. The lowest BCUT2D eigenvalue weighted by molar-refractivity contribution is 0.0999. The molecule has 0 aliphatic heterocycles. The van der Waals surface area contributed by atoms with Crippen LogP contribution in [0.2, 0.25) is 0 Å². The third-order valence-corrected chi connectivity index (χ3v) is 3.15. The molecule has 0 atom stereocenters. The van der Waals surface area contributed by atoms with Gasteiger partial charge in [0.15, 0.2) is 5.78 Å². The maximum Gasteiger partial charge on any atom is 0.187 e. The Labute approximate surface area is 134 Å². The van der Waals surface area contributed by atoms with E-state index in [4.69, 9.17) is 4.74 Å². The molecule has 0 bridgehead atoms. The van der Waals surface area contributed by atoms with Gasteiger partial charge in [0.2, 0.25) is 0 Å². The number of Topliss-reactive ketones (excluding diaryl/α,β-unsaturated/α-hetero) is 1. The molecule has 2 rings (SSSR count). The molecule has 0 fully saturated rings. The fourth-order valence-electron chi connectivity index (χ4n) is 1.98. The van der Waals surface area contributed by atoms with E-state index in [1.807, 2.05) is 30.3 Å². The summed E-state index contributed by atoms with van der Waals surface area (Å²) in [6, 6.07) is 13.7. The van der Waals surface area contributed by atoms with Gasteiger partial charge in [0.25, 0.3) is 0 Å². The van der Waals surface area contributed by atoms with Gasteiger partial charge in [-0.05, 0) is 17.7 Å². The number of carbonyl (C=O) groups excluding carboxylic acids is 1. The topological polar surface area (TPSA) is 79.1 Å². The van der Waals surface area contributed by atoms with Crippen molar-refractivity contribution in [2.45, 2.75) is 13.0 Å². The zero-order valence-electron chi connectivity index (χ0n) is 12.7. The first-order valence-corrected chi connectivity index (χ1v) is 7.32. The Morgan fingerprint density at radius 1 is 1.13 bits per heavy atom. The molecule has 23 heavy (non-hydrogen) atoms. The summed E-state index contributed by atoms with van der Waals surface area (Å²) in [4.78, 5) is 15.9. The quantitative estimate of drug-likeness (QED) is 0.446. The minimum absolute atomic E-state index is 0.0446. The second-order valence-electron chi connectivity index (χ2n) is 4.97. The predicted molar refractivity (Wildman–Crippen MR) is 88.2 cm³/mol. The van der Waals surface area contributed by atoms with Crippen LogP contribution in [-0.2, 0) is 11.3 Å². The average molecular weight is 313 g/mol. The number of ketones is 1. The van der Waals surface area contributed by atoms with Gasteiger partial charge >= 0.3 is 0 Å². The van der Waals surface area contributed by atoms with E-state index < -0.39 is 0 Å². The fourth-order valence-corrected chi connectivity index (χ4v) is 1.98. The number of rotatable bonds is 8. The molecular formula is C18H19NO4. The Bertz CT molecular complexity index is 668. The number of ether oxygens (including phenoxy) is 1. The van der Waals surface area contributed by atoms with Crippen LogP contribution in [0.3, 0.4) is 0 Å². The molecule has 120 valence electrons. The van der Waals surface area contributed by atoms with Crippen LogP contribution >= 0.6 is 0 Å². The van der Waals surface area contributed by atoms with Crippen LogP contribution in [0.5, 0.6) is 11.5 Å². The molecule has 0 aliphatic carbocycles. The third-order valence-electron chi connectivity index (χ3n) is 3.15. The van der Waals surface area contributed by atoms with Gasteiger partial charge in [0, 0.05) is 18.7 Å². The molecule has 0 unspecified atom stereocenters. The molecule has 0 radical (unpaired) electrons. The number of hydrogen-bond acceptors (Lipinski definition) is 5. The van der Waals surface area contributed by atoms with Crippen LogP contribution in [0, 0.1) is 0 Å². The van der Waals surface area contributed by atoms with Crippen molar-refractivity contribution in [3.63, 3.8) is 0 Å². The number of hydrogen-bond donors (Lipinski definition) is 2. The van der Waals surface area contributed by atoms with Crippen LogP contribution < -0.4 is 0 Å². The number of aliphatic imine (C=N–C) groups is 1. The standard InChI is InChI=1S/C18H19NO4/c20-15-7-8-16(17(21)11-15)18(22)12-19-9-4-10-23-13-14-5-2-1-3-6-14/h1-3,5-9,11,20-21H,4,10,12-13H2. The number of carbonyl (C=O) groups is 1. The molecule has 0 spiro atoms. The van der Waals surface area contributed by atoms with E-state index in [0.29, 0.717) is 19.6 Å². The summed E-state index contributed by atoms with van der Waals surface area (Å²) < 4.78 is 5.50. The van der Waals surface area contributed by atoms with Gasteiger partial charge in [-0.2, -0.15) is 0 Å². The molecule has 5 nitrogen and oxygen atoms in total. The summed E-state index contributed by atoms with van der Waals surface area (Å²) in [6.45, 7) is 1.03. The maximum atomic E-state index is 11.9. The van der Waals surface area contributed by atoms with Gasteiger partial charge in [-0.1, -0.05) is 30.3 Å². The van der Waals surface area contributed by atoms with Crippen molar-refractivity contribution in [3.8, 4) is 11.5 Å². The number of benzene rings is 2. The minimum atomic E-state index is -0.302. The van der Waals surface area contributed by atoms with Crippen molar-refractivity contribution in [3.05, 3.63) is 59.7 Å². The van der Waals surface area contributed by atoms with Crippen molar-refractivity contribution in [2.24, 2.45) is 4.99 Å². The molecular weight excluding hydrogens is 294 g/mol. The van der Waals surface area contributed by atoms with Gasteiger partial charge in [-0.3, -0.25) is 9.79 Å². The maximum absolute atomic E-state index is 11.9. The highest BCUT2D eigenvalue weighted by Crippen LogP contribution is 2.22. The Kier molecular flexibility index (Phi) is 6.32. The number of nitrogens with zero attached hydrogens (tertiary/aromatic N) is 1. The first kappa shape index (κ1) is 16.7. The molecule has 0 amide bonds. The van der Waals surface area contributed by atoms with Crippen LogP contribution in [0.25, 0.3) is 0 Å². The molecule has 2 aromatic carbocycles. The summed E-state index contributed by atoms with van der Waals surface area (Å²) in [7, 11) is 0. The Morgan fingerprint density at radius 2 is 1.91 bits per heavy atom. The van der Waals surface area contributed by atoms with Crippen LogP contribution in [0.15, 0.2) is 53.5 Å². The normalized spacial score (nSPS) is 11.0. The van der Waals surface area contributed by atoms with Crippen molar-refractivity contribution in [1.29, 1.82) is 0 Å². The smallest absolute Gasteiger partial charge is 0.187 e. The monoisotopic (exact) mass is 313 g/mol. The molecule has 0 aromatic heterocycles. The van der Waals surface area contributed by atoms with Crippen molar-refractivity contribution in [2.75, 3.05) is 13.2 Å². The number of aromatic hydroxyl groups is 2. The highest BCUT2D eigenvalue weighted by molar-refractivity contribution is 6.00. The summed E-state index contributed by atoms with van der Waals surface area (Å²) in [5.41, 5.74) is 1.27. The average Bonchev–Trinajstić information content (AvgIpc) is 2.54. The molecule has 5 heteroatoms. The zero-order valence-corrected chi connectivity index (χ0v) is 12.7. The van der Waals surface area contributed by atoms with E-state index >= 15 is 0 Å². The van der Waals surface area contributed by atoms with E-state index in [0.717, 1.165) is 11.6 Å². The van der Waals surface area contributed by atoms with Crippen molar-refractivity contribution < 1.29 is 19.7 Å². The van der Waals surface area contributed by atoms with Crippen molar-refractivity contribution in [1.82, 2.24) is 0 Å². The summed E-state index contributed by atoms with van der Waals surface area (Å²) >= 11 is 0. The molecule has 0 heterocycles. The van der Waals surface area contributed by atoms with Gasteiger partial charge in [0.05, 0.1) is 18.8 Å². The molecule has 0 saturated heterocycles. The zero-order chi connectivity index (χ0) is 16.5. The lowest BCUT2D eigenvalue weighted by atomic mass is 10.1. The van der Waals surface area contributed by atoms with Crippen LogP contribution in [0.1, 0.15) is 22.3 Å². The lowest BCUT2D eigenvalue weighted by Gasteiger charge is -2.03. The highest BCUT2D eigenvalue weighted by Gasteiger charge is 2.10. The summed E-state index contributed by atoms with van der Waals surface area (Å²) in [5, 5.41) is 18.8. The molecule has 0 aliphatic rings. The Hall–Kier alpha value is -2.66. The number of phenols is 2. The second kappa shape index (κ2) is 8.70. The van der Waals surface area contributed by atoms with E-state index in [1.54, 1.807) is 6.21 Å². The Morgan fingerprint density at radius 3 is 2.65 bits per heavy atom. The Balaban J connectivity index is 1.67. The van der Waals surface area contributed by atoms with Crippen molar-refractivity contribution >= 4 is 12.0 Å². The lowest BCUT2D eigenvalue weighted by Crippen LogP contribution is -2.04.